The van der Waals surface area contributed by atoms with E-state index in [1.807, 2.05) is 48.5 Å². The van der Waals surface area contributed by atoms with E-state index in [0.717, 1.165) is 23.2 Å². The Morgan fingerprint density at radius 3 is 2.52 bits per heavy atom. The first kappa shape index (κ1) is 19.5. The van der Waals surface area contributed by atoms with Gasteiger partial charge in [-0.15, -0.1) is 0 Å². The van der Waals surface area contributed by atoms with Crippen LogP contribution in [-0.2, 0) is 16.1 Å². The summed E-state index contributed by atoms with van der Waals surface area (Å²) in [7, 11) is 0. The van der Waals surface area contributed by atoms with E-state index in [4.69, 9.17) is 0 Å². The molecule has 0 aromatic heterocycles. The molecule has 2 aromatic carbocycles. The summed E-state index contributed by atoms with van der Waals surface area (Å²) in [6.45, 7) is 2.52. The smallest absolute Gasteiger partial charge is 0.243 e. The van der Waals surface area contributed by atoms with Crippen LogP contribution in [-0.4, -0.2) is 23.9 Å². The van der Waals surface area contributed by atoms with Crippen LogP contribution in [0.15, 0.2) is 54.6 Å². The lowest BCUT2D eigenvalue weighted by molar-refractivity contribution is -0.129. The van der Waals surface area contributed by atoms with Crippen LogP contribution in [0.25, 0.3) is 0 Å². The zero-order valence-corrected chi connectivity index (χ0v) is 16.9. The van der Waals surface area contributed by atoms with Crippen molar-refractivity contribution in [2.75, 3.05) is 5.32 Å². The van der Waals surface area contributed by atoms with Crippen molar-refractivity contribution in [3.05, 3.63) is 65.7 Å². The Morgan fingerprint density at radius 1 is 1.07 bits per heavy atom. The van der Waals surface area contributed by atoms with Gasteiger partial charge in [0, 0.05) is 18.2 Å². The molecule has 0 spiro atoms. The normalized spacial score (nSPS) is 21.0. The molecule has 0 bridgehead atoms. The van der Waals surface area contributed by atoms with Crippen molar-refractivity contribution in [1.82, 2.24) is 10.6 Å². The molecule has 2 aliphatic rings. The third kappa shape index (κ3) is 4.78. The number of para-hydroxylation sites is 1. The minimum Gasteiger partial charge on any atom is -0.373 e. The average Bonchev–Trinajstić information content (AvgIpc) is 3.52. The van der Waals surface area contributed by atoms with Gasteiger partial charge in [0.2, 0.25) is 11.8 Å². The van der Waals surface area contributed by atoms with E-state index in [1.54, 1.807) is 0 Å². The highest BCUT2D eigenvalue weighted by atomic mass is 16.2. The molecule has 2 aromatic rings. The molecule has 4 rings (SSSR count). The van der Waals surface area contributed by atoms with Crippen LogP contribution >= 0.6 is 0 Å². The number of hydrogen-bond donors (Lipinski definition) is 3. The first-order valence-electron chi connectivity index (χ1n) is 10.6. The van der Waals surface area contributed by atoms with Crippen LogP contribution in [0.3, 0.4) is 0 Å². The van der Waals surface area contributed by atoms with Crippen molar-refractivity contribution in [1.29, 1.82) is 0 Å². The quantitative estimate of drug-likeness (QED) is 0.644. The third-order valence-electron chi connectivity index (χ3n) is 6.05. The second-order valence-corrected chi connectivity index (χ2v) is 8.28. The van der Waals surface area contributed by atoms with E-state index in [0.29, 0.717) is 18.9 Å². The van der Waals surface area contributed by atoms with E-state index in [9.17, 15) is 9.59 Å². The second kappa shape index (κ2) is 8.68. The highest BCUT2D eigenvalue weighted by molar-refractivity contribution is 5.93. The summed E-state index contributed by atoms with van der Waals surface area (Å²) in [6, 6.07) is 17.0. The van der Waals surface area contributed by atoms with E-state index < -0.39 is 6.04 Å². The number of nitrogens with one attached hydrogen (secondary N) is 3. The summed E-state index contributed by atoms with van der Waals surface area (Å²) in [4.78, 5) is 25.9. The van der Waals surface area contributed by atoms with Crippen LogP contribution in [0.1, 0.15) is 49.7 Å². The topological polar surface area (TPSA) is 70.2 Å². The van der Waals surface area contributed by atoms with E-state index in [2.05, 4.69) is 28.9 Å². The second-order valence-electron chi connectivity index (χ2n) is 8.28. The van der Waals surface area contributed by atoms with Gasteiger partial charge in [-0.05, 0) is 36.0 Å². The molecule has 152 valence electrons. The number of carbonyl (C=O) groups is 2. The molecule has 3 unspecified atom stereocenters. The van der Waals surface area contributed by atoms with Crippen molar-refractivity contribution in [2.24, 2.45) is 5.92 Å². The fourth-order valence-corrected chi connectivity index (χ4v) is 4.04. The molecule has 0 radical (unpaired) electrons. The summed E-state index contributed by atoms with van der Waals surface area (Å²) < 4.78 is 0. The maximum Gasteiger partial charge on any atom is 0.243 e. The molecule has 2 amide bonds. The lowest BCUT2D eigenvalue weighted by atomic mass is 9.96. The zero-order valence-electron chi connectivity index (χ0n) is 16.9. The van der Waals surface area contributed by atoms with Gasteiger partial charge in [0.25, 0.3) is 0 Å². The molecule has 1 aliphatic heterocycles. The molecule has 3 atom stereocenters. The molecule has 1 heterocycles. The molecule has 0 saturated heterocycles. The lowest BCUT2D eigenvalue weighted by Crippen LogP contribution is -2.51. The van der Waals surface area contributed by atoms with Crippen LogP contribution in [0.5, 0.6) is 0 Å². The average molecular weight is 392 g/mol. The standard InChI is InChI=1S/C24H29N3O2/c1-16-19-9-5-6-10-20(19)26-22(16)24(29)27-21(14-13-17-11-12-17)23(28)25-15-18-7-3-2-4-8-18/h2-10,16-17,21-22,26H,11-15H2,1H3,(H,25,28)(H,27,29). The molecule has 3 N–H and O–H groups in total. The molecular weight excluding hydrogens is 362 g/mol. The Balaban J connectivity index is 1.38. The minimum absolute atomic E-state index is 0.0719. The Kier molecular flexibility index (Phi) is 5.84. The monoisotopic (exact) mass is 391 g/mol. The summed E-state index contributed by atoms with van der Waals surface area (Å²) in [6.07, 6.45) is 4.15. The number of benzene rings is 2. The maximum absolute atomic E-state index is 13.0. The van der Waals surface area contributed by atoms with Gasteiger partial charge >= 0.3 is 0 Å². The Morgan fingerprint density at radius 2 is 1.79 bits per heavy atom. The van der Waals surface area contributed by atoms with Crippen molar-refractivity contribution in [2.45, 2.75) is 57.2 Å². The highest BCUT2D eigenvalue weighted by Gasteiger charge is 2.35. The Labute approximate surface area is 172 Å². The molecule has 29 heavy (non-hydrogen) atoms. The highest BCUT2D eigenvalue weighted by Crippen LogP contribution is 2.36. The largest absolute Gasteiger partial charge is 0.373 e. The molecule has 1 aliphatic carbocycles. The van der Waals surface area contributed by atoms with Gasteiger partial charge < -0.3 is 16.0 Å². The van der Waals surface area contributed by atoms with Crippen LogP contribution < -0.4 is 16.0 Å². The van der Waals surface area contributed by atoms with E-state index in [1.165, 1.54) is 12.8 Å². The summed E-state index contributed by atoms with van der Waals surface area (Å²) >= 11 is 0. The van der Waals surface area contributed by atoms with Crippen LogP contribution in [0.2, 0.25) is 0 Å². The van der Waals surface area contributed by atoms with Gasteiger partial charge in [0.15, 0.2) is 0 Å². The maximum atomic E-state index is 13.0. The summed E-state index contributed by atoms with van der Waals surface area (Å²) in [5.41, 5.74) is 3.20. The molecule has 1 saturated carbocycles. The predicted molar refractivity (Wildman–Crippen MR) is 114 cm³/mol. The molecule has 5 nitrogen and oxygen atoms in total. The fraction of sp³-hybridized carbons (Fsp3) is 0.417. The van der Waals surface area contributed by atoms with Gasteiger partial charge in [-0.1, -0.05) is 68.3 Å². The van der Waals surface area contributed by atoms with Crippen molar-refractivity contribution in [3.63, 3.8) is 0 Å². The number of hydrogen-bond acceptors (Lipinski definition) is 3. The summed E-state index contributed by atoms with van der Waals surface area (Å²) in [5.74, 6) is 0.571. The van der Waals surface area contributed by atoms with Gasteiger partial charge in [-0.2, -0.15) is 0 Å². The van der Waals surface area contributed by atoms with Gasteiger partial charge in [-0.25, -0.2) is 0 Å². The minimum atomic E-state index is -0.496. The number of carbonyl (C=O) groups excluding carboxylic acids is 2. The van der Waals surface area contributed by atoms with Crippen molar-refractivity contribution < 1.29 is 9.59 Å². The Bertz CT molecular complexity index is 863. The van der Waals surface area contributed by atoms with Gasteiger partial charge in [0.05, 0.1) is 0 Å². The predicted octanol–water partition coefficient (Wildman–Crippen LogP) is 3.58. The molecular formula is C24H29N3O2. The van der Waals surface area contributed by atoms with Gasteiger partial charge in [-0.3, -0.25) is 9.59 Å². The molecule has 5 heteroatoms. The first-order valence-corrected chi connectivity index (χ1v) is 10.6. The zero-order chi connectivity index (χ0) is 20.2. The van der Waals surface area contributed by atoms with Gasteiger partial charge in [0.1, 0.15) is 12.1 Å². The molecule has 1 fully saturated rings. The van der Waals surface area contributed by atoms with Crippen LogP contribution in [0, 0.1) is 5.92 Å². The SMILES string of the molecule is CC1c2ccccc2NC1C(=O)NC(CCC1CC1)C(=O)NCc1ccccc1. The third-order valence-corrected chi connectivity index (χ3v) is 6.05. The lowest BCUT2D eigenvalue weighted by Gasteiger charge is -2.22. The van der Waals surface area contributed by atoms with Crippen molar-refractivity contribution in [3.8, 4) is 0 Å². The first-order chi connectivity index (χ1) is 14.1. The number of fused-ring (bicyclic) bond motifs is 1. The number of amides is 2. The van der Waals surface area contributed by atoms with E-state index >= 15 is 0 Å². The summed E-state index contributed by atoms with van der Waals surface area (Å²) in [5, 5.41) is 9.34. The number of anilines is 1. The van der Waals surface area contributed by atoms with Crippen molar-refractivity contribution >= 4 is 17.5 Å². The Hall–Kier alpha value is -2.82. The fourth-order valence-electron chi connectivity index (χ4n) is 4.04. The van der Waals surface area contributed by atoms with E-state index in [-0.39, 0.29) is 23.8 Å². The number of rotatable bonds is 8. The van der Waals surface area contributed by atoms with Crippen LogP contribution in [0.4, 0.5) is 5.69 Å².